The summed E-state index contributed by atoms with van der Waals surface area (Å²) in [4.78, 5) is 0. The van der Waals surface area contributed by atoms with E-state index >= 15 is 0 Å². The number of hydrogen-bond acceptors (Lipinski definition) is 1. The van der Waals surface area contributed by atoms with Crippen LogP contribution in [0.15, 0.2) is 34.9 Å². The molecule has 0 aromatic carbocycles. The monoisotopic (exact) mass is 213 g/mol. The highest BCUT2D eigenvalue weighted by molar-refractivity contribution is 9.11. The smallest absolute Gasteiger partial charge is 0.0219 e. The van der Waals surface area contributed by atoms with Gasteiger partial charge in [0, 0.05) is 11.0 Å². The zero-order valence-corrected chi connectivity index (χ0v) is 8.08. The van der Waals surface area contributed by atoms with E-state index in [4.69, 9.17) is 0 Å². The Morgan fingerprint density at radius 2 is 2.36 bits per heavy atom. The van der Waals surface area contributed by atoms with Crippen molar-refractivity contribution < 1.29 is 0 Å². The van der Waals surface area contributed by atoms with Gasteiger partial charge < -0.3 is 5.32 Å². The first-order valence-corrected chi connectivity index (χ1v) is 4.45. The molecule has 0 aromatic rings. The summed E-state index contributed by atoms with van der Waals surface area (Å²) in [5, 5.41) is 3.28. The molecule has 0 aromatic heterocycles. The van der Waals surface area contributed by atoms with Crippen LogP contribution >= 0.6 is 15.9 Å². The molecule has 0 bridgehead atoms. The minimum atomic E-state index is 0.908. The van der Waals surface area contributed by atoms with Crippen molar-refractivity contribution in [3.8, 4) is 0 Å². The fraction of sp³-hybridized carbons (Fsp3) is 0.333. The molecular formula is C9H12BrN. The number of nitrogens with one attached hydrogen (secondary N) is 1. The second kappa shape index (κ2) is 3.88. The highest BCUT2D eigenvalue weighted by atomic mass is 79.9. The summed E-state index contributed by atoms with van der Waals surface area (Å²) >= 11 is 3.38. The van der Waals surface area contributed by atoms with Gasteiger partial charge in [0.2, 0.25) is 0 Å². The molecule has 0 saturated carbocycles. The molecule has 0 unspecified atom stereocenters. The molecular weight excluding hydrogens is 202 g/mol. The van der Waals surface area contributed by atoms with Gasteiger partial charge in [0.05, 0.1) is 0 Å². The largest absolute Gasteiger partial charge is 0.312 e. The first-order valence-electron chi connectivity index (χ1n) is 3.65. The lowest BCUT2D eigenvalue weighted by Gasteiger charge is -2.18. The molecule has 0 saturated heterocycles. The predicted octanol–water partition coefficient (Wildman–Crippen LogP) is 2.37. The Labute approximate surface area is 76.0 Å². The van der Waals surface area contributed by atoms with Crippen molar-refractivity contribution in [2.45, 2.75) is 6.42 Å². The van der Waals surface area contributed by atoms with Gasteiger partial charge in [0.25, 0.3) is 0 Å². The summed E-state index contributed by atoms with van der Waals surface area (Å²) in [6.45, 7) is 9.57. The highest BCUT2D eigenvalue weighted by Crippen LogP contribution is 2.22. The van der Waals surface area contributed by atoms with Crippen molar-refractivity contribution in [3.05, 3.63) is 34.9 Å². The van der Waals surface area contributed by atoms with Gasteiger partial charge in [-0.05, 0) is 24.1 Å². The van der Waals surface area contributed by atoms with E-state index in [0.29, 0.717) is 0 Å². The number of rotatable bonds is 2. The normalized spacial score (nSPS) is 18.3. The Bertz CT molecular complexity index is 216. The maximum absolute atomic E-state index is 3.85. The summed E-state index contributed by atoms with van der Waals surface area (Å²) in [6, 6.07) is 0. The van der Waals surface area contributed by atoms with E-state index in [1.807, 2.05) is 6.08 Å². The van der Waals surface area contributed by atoms with E-state index < -0.39 is 0 Å². The summed E-state index contributed by atoms with van der Waals surface area (Å²) in [6.07, 6.45) is 2.98. The molecule has 2 heteroatoms. The lowest BCUT2D eigenvalue weighted by atomic mass is 10.0. The number of halogens is 1. The van der Waals surface area contributed by atoms with Crippen LogP contribution in [0.4, 0.5) is 0 Å². The molecule has 1 aliphatic rings. The Morgan fingerprint density at radius 1 is 1.64 bits per heavy atom. The van der Waals surface area contributed by atoms with E-state index in [1.54, 1.807) is 0 Å². The molecule has 1 heterocycles. The van der Waals surface area contributed by atoms with Crippen molar-refractivity contribution in [1.29, 1.82) is 0 Å². The molecule has 0 aliphatic carbocycles. The fourth-order valence-corrected chi connectivity index (χ4v) is 1.59. The Balaban J connectivity index is 2.90. The Kier molecular flexibility index (Phi) is 3.09. The van der Waals surface area contributed by atoms with E-state index in [0.717, 1.165) is 24.0 Å². The van der Waals surface area contributed by atoms with Gasteiger partial charge in [-0.2, -0.15) is 0 Å². The quantitative estimate of drug-likeness (QED) is 0.744. The van der Waals surface area contributed by atoms with Crippen LogP contribution in [0.5, 0.6) is 0 Å². The molecule has 0 spiro atoms. The van der Waals surface area contributed by atoms with Gasteiger partial charge in [-0.3, -0.25) is 0 Å². The van der Waals surface area contributed by atoms with Gasteiger partial charge in [0.15, 0.2) is 0 Å². The van der Waals surface area contributed by atoms with Crippen molar-refractivity contribution in [2.75, 3.05) is 13.1 Å². The zero-order chi connectivity index (χ0) is 8.27. The minimum Gasteiger partial charge on any atom is -0.312 e. The molecule has 1 nitrogen and oxygen atoms in total. The Hall–Kier alpha value is -0.340. The third-order valence-corrected chi connectivity index (χ3v) is 2.31. The van der Waals surface area contributed by atoms with Crippen LogP contribution in [0.3, 0.4) is 0 Å². The molecule has 0 amide bonds. The first-order chi connectivity index (χ1) is 5.25. The lowest BCUT2D eigenvalue weighted by Crippen LogP contribution is -2.24. The molecule has 0 atom stereocenters. The van der Waals surface area contributed by atoms with Crippen LogP contribution in [0, 0.1) is 0 Å². The fourth-order valence-electron chi connectivity index (χ4n) is 1.20. The molecule has 11 heavy (non-hydrogen) atoms. The molecule has 1 N–H and O–H groups in total. The predicted molar refractivity (Wildman–Crippen MR) is 52.8 cm³/mol. The Morgan fingerprint density at radius 3 is 2.82 bits per heavy atom. The van der Waals surface area contributed by atoms with Crippen LogP contribution in [0.1, 0.15) is 6.42 Å². The summed E-state index contributed by atoms with van der Waals surface area (Å²) in [5.74, 6) is 0. The van der Waals surface area contributed by atoms with Gasteiger partial charge >= 0.3 is 0 Å². The molecule has 0 fully saturated rings. The zero-order valence-electron chi connectivity index (χ0n) is 6.49. The average molecular weight is 214 g/mol. The number of allylic oxidation sites excluding steroid dienone is 1. The number of hydrogen-bond donors (Lipinski definition) is 1. The SMILES string of the molecule is C=CC1=C(C(=C)Br)CNCC1. The summed E-state index contributed by atoms with van der Waals surface area (Å²) < 4.78 is 0.972. The average Bonchev–Trinajstić information content (AvgIpc) is 2.04. The first kappa shape index (κ1) is 8.75. The van der Waals surface area contributed by atoms with E-state index in [2.05, 4.69) is 34.4 Å². The molecule has 0 radical (unpaired) electrons. The topological polar surface area (TPSA) is 12.0 Å². The maximum atomic E-state index is 3.85. The van der Waals surface area contributed by atoms with Crippen molar-refractivity contribution in [1.82, 2.24) is 5.32 Å². The second-order valence-corrected chi connectivity index (χ2v) is 3.50. The third kappa shape index (κ3) is 2.04. The maximum Gasteiger partial charge on any atom is 0.0219 e. The standard InChI is InChI=1S/C9H12BrN/c1-3-8-4-5-11-6-9(8)7(2)10/h3,11H,1-2,4-6H2. The minimum absolute atomic E-state index is 0.908. The third-order valence-electron chi connectivity index (χ3n) is 1.83. The lowest BCUT2D eigenvalue weighted by molar-refractivity contribution is 0.695. The van der Waals surface area contributed by atoms with Gasteiger partial charge in [-0.25, -0.2) is 0 Å². The summed E-state index contributed by atoms with van der Waals surface area (Å²) in [7, 11) is 0. The van der Waals surface area contributed by atoms with Crippen LogP contribution in [-0.2, 0) is 0 Å². The van der Waals surface area contributed by atoms with E-state index in [1.165, 1.54) is 11.1 Å². The molecule has 60 valence electrons. The molecule has 1 rings (SSSR count). The van der Waals surface area contributed by atoms with E-state index in [9.17, 15) is 0 Å². The van der Waals surface area contributed by atoms with Gasteiger partial charge in [-0.1, -0.05) is 35.2 Å². The van der Waals surface area contributed by atoms with E-state index in [-0.39, 0.29) is 0 Å². The van der Waals surface area contributed by atoms with Crippen LogP contribution in [0.25, 0.3) is 0 Å². The molecule has 1 aliphatic heterocycles. The van der Waals surface area contributed by atoms with Crippen LogP contribution in [-0.4, -0.2) is 13.1 Å². The summed E-state index contributed by atoms with van der Waals surface area (Å²) in [5.41, 5.74) is 2.57. The van der Waals surface area contributed by atoms with Gasteiger partial charge in [-0.15, -0.1) is 0 Å². The van der Waals surface area contributed by atoms with Gasteiger partial charge in [0.1, 0.15) is 0 Å². The van der Waals surface area contributed by atoms with Crippen LogP contribution < -0.4 is 5.32 Å². The van der Waals surface area contributed by atoms with Crippen molar-refractivity contribution in [2.24, 2.45) is 0 Å². The highest BCUT2D eigenvalue weighted by Gasteiger charge is 2.10. The van der Waals surface area contributed by atoms with Crippen molar-refractivity contribution in [3.63, 3.8) is 0 Å². The second-order valence-electron chi connectivity index (χ2n) is 2.54. The van der Waals surface area contributed by atoms with Crippen molar-refractivity contribution >= 4 is 15.9 Å². The van der Waals surface area contributed by atoms with Crippen LogP contribution in [0.2, 0.25) is 0 Å².